The number of halogens is 1. The predicted octanol–water partition coefficient (Wildman–Crippen LogP) is 2.55. The van der Waals surface area contributed by atoms with Gasteiger partial charge >= 0.3 is 6.09 Å². The Morgan fingerprint density at radius 1 is 1.21 bits per heavy atom. The maximum atomic E-state index is 12.2. The van der Waals surface area contributed by atoms with Gasteiger partial charge in [-0.05, 0) is 43.6 Å². The van der Waals surface area contributed by atoms with Gasteiger partial charge < -0.3 is 20.5 Å². The minimum absolute atomic E-state index is 0.202. The Hall–Kier alpha value is -2.02. The summed E-state index contributed by atoms with van der Waals surface area (Å²) in [5.41, 5.74) is 0.422. The van der Waals surface area contributed by atoms with Crippen molar-refractivity contribution in [1.29, 1.82) is 0 Å². The number of rotatable bonds is 6. The number of methoxy groups -OCH3 is 1. The van der Waals surface area contributed by atoms with E-state index >= 15 is 0 Å². The summed E-state index contributed by atoms with van der Waals surface area (Å²) in [6, 6.07) is 3.06. The molecule has 8 heteroatoms. The van der Waals surface area contributed by atoms with Gasteiger partial charge in [-0.2, -0.15) is 0 Å². The van der Waals surface area contributed by atoms with E-state index in [0.29, 0.717) is 36.4 Å². The summed E-state index contributed by atoms with van der Waals surface area (Å²) in [4.78, 5) is 26.7. The highest BCUT2D eigenvalue weighted by Gasteiger charge is 2.22. The van der Waals surface area contributed by atoms with E-state index in [9.17, 15) is 9.59 Å². The van der Waals surface area contributed by atoms with Crippen molar-refractivity contribution in [1.82, 2.24) is 15.6 Å². The first-order valence-corrected chi connectivity index (χ1v) is 8.32. The van der Waals surface area contributed by atoms with E-state index in [0.717, 1.165) is 25.7 Å². The van der Waals surface area contributed by atoms with Gasteiger partial charge in [-0.3, -0.25) is 4.79 Å². The van der Waals surface area contributed by atoms with Crippen molar-refractivity contribution in [3.05, 3.63) is 22.8 Å². The normalized spacial score (nSPS) is 20.2. The minimum Gasteiger partial charge on any atom is -0.481 e. The molecule has 7 nitrogen and oxygen atoms in total. The SMILES string of the molecule is COc1cc(C(=O)NCC2CCC(CNC(=O)O)CC2)cc(Cl)n1. The minimum atomic E-state index is -0.976. The van der Waals surface area contributed by atoms with Crippen LogP contribution in [0.15, 0.2) is 12.1 Å². The number of carbonyl (C=O) groups is 2. The van der Waals surface area contributed by atoms with E-state index in [-0.39, 0.29) is 11.1 Å². The number of hydrogen-bond donors (Lipinski definition) is 3. The van der Waals surface area contributed by atoms with Gasteiger partial charge in [0.1, 0.15) is 5.15 Å². The van der Waals surface area contributed by atoms with E-state index < -0.39 is 6.09 Å². The third-order valence-corrected chi connectivity index (χ3v) is 4.50. The summed E-state index contributed by atoms with van der Waals surface area (Å²) in [7, 11) is 1.47. The molecule has 0 unspecified atom stereocenters. The molecular weight excluding hydrogens is 334 g/mol. The maximum absolute atomic E-state index is 12.2. The number of hydrogen-bond acceptors (Lipinski definition) is 4. The third kappa shape index (κ3) is 5.56. The lowest BCUT2D eigenvalue weighted by atomic mass is 9.82. The summed E-state index contributed by atoms with van der Waals surface area (Å²) < 4.78 is 5.01. The molecule has 3 N–H and O–H groups in total. The highest BCUT2D eigenvalue weighted by molar-refractivity contribution is 6.29. The molecule has 1 aliphatic rings. The van der Waals surface area contributed by atoms with E-state index in [4.69, 9.17) is 21.4 Å². The molecule has 2 amide bonds. The summed E-state index contributed by atoms with van der Waals surface area (Å²) in [6.07, 6.45) is 2.92. The van der Waals surface area contributed by atoms with Crippen molar-refractivity contribution >= 4 is 23.6 Å². The molecule has 0 aromatic carbocycles. The van der Waals surface area contributed by atoms with Gasteiger partial charge in [0.05, 0.1) is 7.11 Å². The van der Waals surface area contributed by atoms with Crippen LogP contribution < -0.4 is 15.4 Å². The molecule has 0 atom stereocenters. The lowest BCUT2D eigenvalue weighted by Crippen LogP contribution is -2.34. The first-order chi connectivity index (χ1) is 11.5. The molecule has 24 heavy (non-hydrogen) atoms. The van der Waals surface area contributed by atoms with Crippen LogP contribution in [0.25, 0.3) is 0 Å². The van der Waals surface area contributed by atoms with Crippen LogP contribution in [0.2, 0.25) is 5.15 Å². The Labute approximate surface area is 145 Å². The number of nitrogens with zero attached hydrogens (tertiary/aromatic N) is 1. The van der Waals surface area contributed by atoms with E-state index in [1.54, 1.807) is 6.07 Å². The zero-order chi connectivity index (χ0) is 17.5. The highest BCUT2D eigenvalue weighted by atomic mass is 35.5. The van der Waals surface area contributed by atoms with E-state index in [2.05, 4.69) is 15.6 Å². The van der Waals surface area contributed by atoms with Crippen molar-refractivity contribution in [2.75, 3.05) is 20.2 Å². The first-order valence-electron chi connectivity index (χ1n) is 7.94. The average molecular weight is 356 g/mol. The third-order valence-electron chi connectivity index (χ3n) is 4.30. The quantitative estimate of drug-likeness (QED) is 0.681. The molecular formula is C16H22ClN3O4. The predicted molar refractivity (Wildman–Crippen MR) is 89.6 cm³/mol. The van der Waals surface area contributed by atoms with Gasteiger partial charge in [-0.1, -0.05) is 11.6 Å². The van der Waals surface area contributed by atoms with E-state index in [1.165, 1.54) is 13.2 Å². The lowest BCUT2D eigenvalue weighted by molar-refractivity contribution is 0.0940. The number of nitrogens with one attached hydrogen (secondary N) is 2. The van der Waals surface area contributed by atoms with Gasteiger partial charge in [0, 0.05) is 24.7 Å². The highest BCUT2D eigenvalue weighted by Crippen LogP contribution is 2.28. The average Bonchev–Trinajstić information content (AvgIpc) is 2.58. The Morgan fingerprint density at radius 2 is 1.79 bits per heavy atom. The molecule has 1 aromatic heterocycles. The van der Waals surface area contributed by atoms with Crippen molar-refractivity contribution in [2.24, 2.45) is 11.8 Å². The topological polar surface area (TPSA) is 101 Å². The standard InChI is InChI=1S/C16H22ClN3O4/c1-24-14-7-12(6-13(17)20-14)15(21)18-8-10-2-4-11(5-3-10)9-19-16(22)23/h6-7,10-11,19H,2-5,8-9H2,1H3,(H,18,21)(H,22,23). The molecule has 0 spiro atoms. The van der Waals surface area contributed by atoms with Gasteiger partial charge in [-0.15, -0.1) is 0 Å². The molecule has 0 saturated heterocycles. The molecule has 0 bridgehead atoms. The Balaban J connectivity index is 1.77. The van der Waals surface area contributed by atoms with E-state index in [1.807, 2.05) is 0 Å². The van der Waals surface area contributed by atoms with Gasteiger partial charge in [0.25, 0.3) is 5.91 Å². The van der Waals surface area contributed by atoms with Crippen molar-refractivity contribution in [3.8, 4) is 5.88 Å². The Morgan fingerprint density at radius 3 is 2.33 bits per heavy atom. The van der Waals surface area contributed by atoms with Crippen LogP contribution in [0.1, 0.15) is 36.0 Å². The molecule has 0 aliphatic heterocycles. The second-order valence-corrected chi connectivity index (χ2v) is 6.39. The second-order valence-electron chi connectivity index (χ2n) is 6.00. The second kappa shape index (κ2) is 8.73. The zero-order valence-electron chi connectivity index (χ0n) is 13.5. The molecule has 1 fully saturated rings. The van der Waals surface area contributed by atoms with Crippen LogP contribution >= 0.6 is 11.6 Å². The van der Waals surface area contributed by atoms with Gasteiger partial charge in [0.2, 0.25) is 5.88 Å². The summed E-state index contributed by atoms with van der Waals surface area (Å²) in [5, 5.41) is 14.2. The van der Waals surface area contributed by atoms with Crippen LogP contribution in [-0.4, -0.2) is 42.3 Å². The Kier molecular flexibility index (Phi) is 6.66. The molecule has 1 aromatic rings. The monoisotopic (exact) mass is 355 g/mol. The van der Waals surface area contributed by atoms with Crippen LogP contribution in [0, 0.1) is 11.8 Å². The summed E-state index contributed by atoms with van der Waals surface area (Å²) >= 11 is 5.87. The molecule has 1 aliphatic carbocycles. The molecule has 1 heterocycles. The van der Waals surface area contributed by atoms with Crippen molar-refractivity contribution in [2.45, 2.75) is 25.7 Å². The molecule has 1 saturated carbocycles. The Bertz CT molecular complexity index is 589. The molecule has 2 rings (SSSR count). The van der Waals surface area contributed by atoms with Crippen molar-refractivity contribution < 1.29 is 19.4 Å². The lowest BCUT2D eigenvalue weighted by Gasteiger charge is -2.28. The van der Waals surface area contributed by atoms with Gasteiger partial charge in [0.15, 0.2) is 0 Å². The fraction of sp³-hybridized carbons (Fsp3) is 0.562. The fourth-order valence-corrected chi connectivity index (χ4v) is 3.12. The van der Waals surface area contributed by atoms with Crippen LogP contribution in [0.3, 0.4) is 0 Å². The number of amides is 2. The molecule has 132 valence electrons. The smallest absolute Gasteiger partial charge is 0.404 e. The number of pyridine rings is 1. The first kappa shape index (κ1) is 18.3. The number of ether oxygens (including phenoxy) is 1. The van der Waals surface area contributed by atoms with Gasteiger partial charge in [-0.25, -0.2) is 9.78 Å². The van der Waals surface area contributed by atoms with Crippen LogP contribution in [0.4, 0.5) is 4.79 Å². The zero-order valence-corrected chi connectivity index (χ0v) is 14.3. The maximum Gasteiger partial charge on any atom is 0.404 e. The summed E-state index contributed by atoms with van der Waals surface area (Å²) in [5.74, 6) is 0.900. The van der Waals surface area contributed by atoms with Crippen molar-refractivity contribution in [3.63, 3.8) is 0 Å². The summed E-state index contributed by atoms with van der Waals surface area (Å²) in [6.45, 7) is 1.10. The molecule has 0 radical (unpaired) electrons. The number of aromatic nitrogens is 1. The number of carboxylic acid groups (broad SMARTS) is 1. The fourth-order valence-electron chi connectivity index (χ4n) is 2.92. The largest absolute Gasteiger partial charge is 0.481 e. The number of carbonyl (C=O) groups excluding carboxylic acids is 1. The van der Waals surface area contributed by atoms with Crippen LogP contribution in [-0.2, 0) is 0 Å². The van der Waals surface area contributed by atoms with Crippen LogP contribution in [0.5, 0.6) is 5.88 Å².